The van der Waals surface area contributed by atoms with Crippen molar-refractivity contribution in [3.63, 3.8) is 0 Å². The number of cyclic esters (lactones) is 1. The third-order valence-electron chi connectivity index (χ3n) is 6.11. The summed E-state index contributed by atoms with van der Waals surface area (Å²) in [5.41, 5.74) is 2.02. The molecular formula is C25H30N4O4. The average Bonchev–Trinajstić information content (AvgIpc) is 3.04. The van der Waals surface area contributed by atoms with Crippen LogP contribution in [0.2, 0.25) is 0 Å². The predicted molar refractivity (Wildman–Crippen MR) is 123 cm³/mol. The van der Waals surface area contributed by atoms with Gasteiger partial charge in [0.1, 0.15) is 13.2 Å². The first-order valence-corrected chi connectivity index (χ1v) is 11.4. The van der Waals surface area contributed by atoms with E-state index in [1.165, 1.54) is 4.90 Å². The van der Waals surface area contributed by atoms with E-state index >= 15 is 0 Å². The van der Waals surface area contributed by atoms with E-state index in [1.807, 2.05) is 60.7 Å². The normalized spacial score (nSPS) is 19.2. The molecule has 0 saturated carbocycles. The number of benzene rings is 2. The smallest absolute Gasteiger partial charge is 0.410 e. The molecule has 1 N–H and O–H groups in total. The molecular weight excluding hydrogens is 420 g/mol. The number of carbonyl (C=O) groups is 3. The van der Waals surface area contributed by atoms with Gasteiger partial charge < -0.3 is 15.0 Å². The van der Waals surface area contributed by atoms with Crippen molar-refractivity contribution in [2.45, 2.75) is 19.0 Å². The summed E-state index contributed by atoms with van der Waals surface area (Å²) in [6.45, 7) is 3.58. The number of nitrogens with one attached hydrogen (secondary N) is 1. The van der Waals surface area contributed by atoms with E-state index in [0.717, 1.165) is 24.1 Å². The highest BCUT2D eigenvalue weighted by Crippen LogP contribution is 2.27. The van der Waals surface area contributed by atoms with Gasteiger partial charge in [0.05, 0.1) is 12.6 Å². The lowest BCUT2D eigenvalue weighted by Crippen LogP contribution is -2.43. The van der Waals surface area contributed by atoms with Crippen LogP contribution in [0.4, 0.5) is 4.79 Å². The van der Waals surface area contributed by atoms with Crippen molar-refractivity contribution >= 4 is 17.9 Å². The average molecular weight is 451 g/mol. The van der Waals surface area contributed by atoms with Gasteiger partial charge in [-0.15, -0.1) is 0 Å². The molecule has 2 aliphatic heterocycles. The molecule has 8 nitrogen and oxygen atoms in total. The Bertz CT molecular complexity index is 953. The number of hydrogen-bond acceptors (Lipinski definition) is 5. The lowest BCUT2D eigenvalue weighted by atomic mass is 10.1. The first kappa shape index (κ1) is 22.8. The van der Waals surface area contributed by atoms with Gasteiger partial charge in [0.2, 0.25) is 11.8 Å². The molecule has 2 fully saturated rings. The fraction of sp³-hybridized carbons (Fsp3) is 0.400. The SMILES string of the molecule is O=C(CN1CCCN(C(=O)CN2C(=O)OCC2c2ccccc2)CC1)NCc1ccccc1. The van der Waals surface area contributed by atoms with Gasteiger partial charge >= 0.3 is 6.09 Å². The Hall–Kier alpha value is -3.39. The summed E-state index contributed by atoms with van der Waals surface area (Å²) in [5, 5.41) is 2.95. The highest BCUT2D eigenvalue weighted by Gasteiger charge is 2.36. The number of hydrogen-bond donors (Lipinski definition) is 1. The molecule has 1 atom stereocenters. The van der Waals surface area contributed by atoms with Crippen LogP contribution in [0.5, 0.6) is 0 Å². The summed E-state index contributed by atoms with van der Waals surface area (Å²) in [7, 11) is 0. The Labute approximate surface area is 194 Å². The van der Waals surface area contributed by atoms with Gasteiger partial charge in [0, 0.05) is 32.7 Å². The van der Waals surface area contributed by atoms with Crippen LogP contribution >= 0.6 is 0 Å². The van der Waals surface area contributed by atoms with Crippen LogP contribution in [-0.4, -0.2) is 78.5 Å². The maximum Gasteiger partial charge on any atom is 0.410 e. The van der Waals surface area contributed by atoms with Crippen molar-refractivity contribution in [1.82, 2.24) is 20.0 Å². The molecule has 0 radical (unpaired) electrons. The highest BCUT2D eigenvalue weighted by molar-refractivity contribution is 5.83. The van der Waals surface area contributed by atoms with Gasteiger partial charge in [-0.1, -0.05) is 60.7 Å². The largest absolute Gasteiger partial charge is 0.447 e. The van der Waals surface area contributed by atoms with Gasteiger partial charge in [-0.25, -0.2) is 4.79 Å². The van der Waals surface area contributed by atoms with Crippen LogP contribution in [0.25, 0.3) is 0 Å². The summed E-state index contributed by atoms with van der Waals surface area (Å²) >= 11 is 0. The molecule has 3 amide bonds. The van der Waals surface area contributed by atoms with Crippen molar-refractivity contribution in [1.29, 1.82) is 0 Å². The van der Waals surface area contributed by atoms with Crippen LogP contribution < -0.4 is 5.32 Å². The van der Waals surface area contributed by atoms with E-state index in [4.69, 9.17) is 4.74 Å². The van der Waals surface area contributed by atoms with Crippen molar-refractivity contribution in [3.8, 4) is 0 Å². The van der Waals surface area contributed by atoms with E-state index in [1.54, 1.807) is 4.90 Å². The molecule has 2 saturated heterocycles. The van der Waals surface area contributed by atoms with E-state index in [-0.39, 0.29) is 31.0 Å². The van der Waals surface area contributed by atoms with Gasteiger partial charge in [0.15, 0.2) is 0 Å². The summed E-state index contributed by atoms with van der Waals surface area (Å²) in [4.78, 5) is 43.0. The van der Waals surface area contributed by atoms with E-state index < -0.39 is 6.09 Å². The van der Waals surface area contributed by atoms with Crippen molar-refractivity contribution in [2.24, 2.45) is 0 Å². The summed E-state index contributed by atoms with van der Waals surface area (Å²) < 4.78 is 5.22. The molecule has 4 rings (SSSR count). The zero-order valence-electron chi connectivity index (χ0n) is 18.7. The Balaban J connectivity index is 1.26. The summed E-state index contributed by atoms with van der Waals surface area (Å²) in [5.74, 6) is -0.116. The predicted octanol–water partition coefficient (Wildman–Crippen LogP) is 2.03. The Morgan fingerprint density at radius 3 is 2.39 bits per heavy atom. The van der Waals surface area contributed by atoms with Crippen LogP contribution in [0.3, 0.4) is 0 Å². The second-order valence-corrected chi connectivity index (χ2v) is 8.40. The van der Waals surface area contributed by atoms with Gasteiger partial charge in [-0.05, 0) is 17.5 Å². The lowest BCUT2D eigenvalue weighted by Gasteiger charge is -2.26. The van der Waals surface area contributed by atoms with Crippen molar-refractivity contribution < 1.29 is 19.1 Å². The molecule has 2 aromatic rings. The lowest BCUT2D eigenvalue weighted by molar-refractivity contribution is -0.131. The molecule has 2 heterocycles. The second kappa shape index (κ2) is 11.0. The molecule has 0 spiro atoms. The summed E-state index contributed by atoms with van der Waals surface area (Å²) in [6, 6.07) is 19.2. The number of ether oxygens (including phenoxy) is 1. The third kappa shape index (κ3) is 6.10. The second-order valence-electron chi connectivity index (χ2n) is 8.40. The minimum Gasteiger partial charge on any atom is -0.447 e. The monoisotopic (exact) mass is 450 g/mol. The first-order valence-electron chi connectivity index (χ1n) is 11.4. The van der Waals surface area contributed by atoms with E-state index in [2.05, 4.69) is 10.2 Å². The molecule has 8 heteroatoms. The molecule has 2 aromatic carbocycles. The highest BCUT2D eigenvalue weighted by atomic mass is 16.6. The van der Waals surface area contributed by atoms with Gasteiger partial charge in [0.25, 0.3) is 0 Å². The maximum absolute atomic E-state index is 13.0. The standard InChI is InChI=1S/C25H30N4O4/c30-23(26-16-20-8-3-1-4-9-20)17-27-12-7-13-28(15-14-27)24(31)18-29-22(19-33-25(29)32)21-10-5-2-6-11-21/h1-6,8-11,22H,7,12-19H2,(H,26,30). The van der Waals surface area contributed by atoms with Crippen LogP contribution in [0.1, 0.15) is 23.6 Å². The molecule has 2 aliphatic rings. The molecule has 0 aromatic heterocycles. The van der Waals surface area contributed by atoms with Crippen molar-refractivity contribution in [3.05, 3.63) is 71.8 Å². The van der Waals surface area contributed by atoms with Crippen LogP contribution in [-0.2, 0) is 20.9 Å². The number of rotatable bonds is 7. The van der Waals surface area contributed by atoms with E-state index in [9.17, 15) is 14.4 Å². The maximum atomic E-state index is 13.0. The molecule has 0 aliphatic carbocycles. The molecule has 1 unspecified atom stereocenters. The third-order valence-corrected chi connectivity index (χ3v) is 6.11. The Morgan fingerprint density at radius 1 is 0.909 bits per heavy atom. The number of amides is 3. The molecule has 33 heavy (non-hydrogen) atoms. The number of carbonyl (C=O) groups excluding carboxylic acids is 3. The first-order chi connectivity index (χ1) is 16.1. The van der Waals surface area contributed by atoms with E-state index in [0.29, 0.717) is 32.7 Å². The van der Waals surface area contributed by atoms with Gasteiger partial charge in [-0.2, -0.15) is 0 Å². The zero-order chi connectivity index (χ0) is 23.0. The summed E-state index contributed by atoms with van der Waals surface area (Å²) in [6.07, 6.45) is 0.327. The Kier molecular flexibility index (Phi) is 7.57. The van der Waals surface area contributed by atoms with Crippen LogP contribution in [0.15, 0.2) is 60.7 Å². The topological polar surface area (TPSA) is 82.2 Å². The quantitative estimate of drug-likeness (QED) is 0.698. The minimum atomic E-state index is -0.455. The fourth-order valence-corrected chi connectivity index (χ4v) is 4.26. The fourth-order valence-electron chi connectivity index (χ4n) is 4.26. The van der Waals surface area contributed by atoms with Crippen LogP contribution in [0, 0.1) is 0 Å². The van der Waals surface area contributed by atoms with Crippen molar-refractivity contribution in [2.75, 3.05) is 45.9 Å². The number of nitrogens with zero attached hydrogens (tertiary/aromatic N) is 3. The molecule has 174 valence electrons. The molecule has 0 bridgehead atoms. The Morgan fingerprint density at radius 2 is 1.64 bits per heavy atom. The minimum absolute atomic E-state index is 0.00401. The van der Waals surface area contributed by atoms with Gasteiger partial charge in [-0.3, -0.25) is 19.4 Å². The zero-order valence-corrected chi connectivity index (χ0v) is 18.7.